The van der Waals surface area contributed by atoms with Crippen molar-refractivity contribution in [1.29, 1.82) is 0 Å². The number of amides is 2. The van der Waals surface area contributed by atoms with Gasteiger partial charge in [0.25, 0.3) is 0 Å². The van der Waals surface area contributed by atoms with Crippen LogP contribution < -0.4 is 5.32 Å². The molecule has 0 aliphatic carbocycles. The summed E-state index contributed by atoms with van der Waals surface area (Å²) < 4.78 is 0. The third-order valence-corrected chi connectivity index (χ3v) is 8.85. The first-order valence-corrected chi connectivity index (χ1v) is 14.9. The molecule has 214 valence electrons. The largest absolute Gasteiger partial charge is 0.361 e. The van der Waals surface area contributed by atoms with Crippen molar-refractivity contribution in [3.8, 4) is 0 Å². The van der Waals surface area contributed by atoms with E-state index in [0.717, 1.165) is 38.4 Å². The van der Waals surface area contributed by atoms with Gasteiger partial charge in [0.1, 0.15) is 6.04 Å². The van der Waals surface area contributed by atoms with Crippen molar-refractivity contribution in [3.63, 3.8) is 0 Å². The molecule has 1 aromatic heterocycles. The smallest absolute Gasteiger partial charge is 0.245 e. The van der Waals surface area contributed by atoms with Crippen molar-refractivity contribution >= 4 is 56.7 Å². The third-order valence-electron chi connectivity index (χ3n) is 8.11. The number of nitrogens with one attached hydrogen (secondary N) is 2. The average molecular weight is 600 g/mol. The van der Waals surface area contributed by atoms with E-state index < -0.39 is 12.1 Å². The summed E-state index contributed by atoms with van der Waals surface area (Å²) >= 11 is 12.4. The molecule has 0 bridgehead atoms. The maximum Gasteiger partial charge on any atom is 0.245 e. The number of rotatable bonds is 8. The summed E-state index contributed by atoms with van der Waals surface area (Å²) in [5.41, 5.74) is 4.00. The van der Waals surface area contributed by atoms with Gasteiger partial charge in [-0.05, 0) is 52.1 Å². The van der Waals surface area contributed by atoms with Crippen molar-refractivity contribution < 1.29 is 9.59 Å². The van der Waals surface area contributed by atoms with E-state index in [4.69, 9.17) is 23.2 Å². The Morgan fingerprint density at radius 2 is 1.71 bits per heavy atom. The number of fused-ring (bicyclic) bond motifs is 2. The zero-order chi connectivity index (χ0) is 29.2. The predicted molar refractivity (Wildman–Crippen MR) is 170 cm³/mol. The van der Waals surface area contributed by atoms with Gasteiger partial charge in [-0.2, -0.15) is 0 Å². The fourth-order valence-corrected chi connectivity index (χ4v) is 6.23. The Kier molecular flexibility index (Phi) is 8.20. The summed E-state index contributed by atoms with van der Waals surface area (Å²) in [7, 11) is 1.77. The van der Waals surface area contributed by atoms with Crippen molar-refractivity contribution in [3.05, 3.63) is 118 Å². The molecule has 8 heteroatoms. The van der Waals surface area contributed by atoms with Crippen LogP contribution in [-0.4, -0.2) is 58.8 Å². The van der Waals surface area contributed by atoms with Crippen LogP contribution in [0, 0.1) is 0 Å². The SMILES string of the molecule is CN(Cc1ccc(Cl)c(Cl)c1)C(=O)[C@H](Cc1ccc2ccccc2c1)N1CCN[C@H](Cc2c[nH]c3ccccc23)C1=O. The number of benzene rings is 4. The molecule has 5 aromatic rings. The molecule has 1 aliphatic heterocycles. The minimum atomic E-state index is -0.654. The number of hydrogen-bond donors (Lipinski definition) is 2. The van der Waals surface area contributed by atoms with Crippen LogP contribution in [0.2, 0.25) is 10.0 Å². The van der Waals surface area contributed by atoms with Crippen LogP contribution in [0.25, 0.3) is 21.7 Å². The first-order valence-electron chi connectivity index (χ1n) is 14.1. The summed E-state index contributed by atoms with van der Waals surface area (Å²) in [6.07, 6.45) is 2.93. The second-order valence-electron chi connectivity index (χ2n) is 10.9. The Balaban J connectivity index is 1.28. The Labute approximate surface area is 255 Å². The monoisotopic (exact) mass is 598 g/mol. The van der Waals surface area contributed by atoms with Gasteiger partial charge in [0.05, 0.1) is 16.1 Å². The maximum absolute atomic E-state index is 14.2. The highest BCUT2D eigenvalue weighted by Gasteiger charge is 2.38. The molecule has 6 nitrogen and oxygen atoms in total. The molecular weight excluding hydrogens is 567 g/mol. The zero-order valence-corrected chi connectivity index (χ0v) is 24.8. The molecule has 4 aromatic carbocycles. The molecule has 1 saturated heterocycles. The lowest BCUT2D eigenvalue weighted by atomic mass is 9.97. The number of carbonyl (C=O) groups excluding carboxylic acids is 2. The van der Waals surface area contributed by atoms with Crippen LogP contribution in [0.15, 0.2) is 91.1 Å². The van der Waals surface area contributed by atoms with E-state index in [1.807, 2.05) is 42.6 Å². The second kappa shape index (κ2) is 12.2. The normalized spacial score (nSPS) is 16.2. The molecule has 0 radical (unpaired) electrons. The van der Waals surface area contributed by atoms with Gasteiger partial charge >= 0.3 is 0 Å². The molecular formula is C34H32Cl2N4O2. The molecule has 2 amide bonds. The minimum absolute atomic E-state index is 0.0615. The quantitative estimate of drug-likeness (QED) is 0.222. The van der Waals surface area contributed by atoms with Crippen molar-refractivity contribution in [2.75, 3.05) is 20.1 Å². The maximum atomic E-state index is 14.2. The van der Waals surface area contributed by atoms with Gasteiger partial charge in [0, 0.05) is 50.2 Å². The minimum Gasteiger partial charge on any atom is -0.361 e. The van der Waals surface area contributed by atoms with E-state index in [9.17, 15) is 9.59 Å². The second-order valence-corrected chi connectivity index (χ2v) is 11.8. The summed E-state index contributed by atoms with van der Waals surface area (Å²) in [6.45, 7) is 1.41. The zero-order valence-electron chi connectivity index (χ0n) is 23.3. The number of para-hydroxylation sites is 1. The topological polar surface area (TPSA) is 68.4 Å². The number of hydrogen-bond acceptors (Lipinski definition) is 3. The lowest BCUT2D eigenvalue weighted by Crippen LogP contribution is -2.62. The van der Waals surface area contributed by atoms with Crippen LogP contribution in [0.4, 0.5) is 0 Å². The highest BCUT2D eigenvalue weighted by molar-refractivity contribution is 6.42. The summed E-state index contributed by atoms with van der Waals surface area (Å²) in [5, 5.41) is 7.67. The summed E-state index contributed by atoms with van der Waals surface area (Å²) in [4.78, 5) is 35.0. The van der Waals surface area contributed by atoms with Crippen LogP contribution >= 0.6 is 23.2 Å². The lowest BCUT2D eigenvalue weighted by Gasteiger charge is -2.39. The third kappa shape index (κ3) is 5.88. The predicted octanol–water partition coefficient (Wildman–Crippen LogP) is 6.24. The fourth-order valence-electron chi connectivity index (χ4n) is 5.91. The average Bonchev–Trinajstić information content (AvgIpc) is 3.41. The number of carbonyl (C=O) groups is 2. The Morgan fingerprint density at radius 3 is 2.55 bits per heavy atom. The molecule has 2 heterocycles. The number of nitrogens with zero attached hydrogens (tertiary/aromatic N) is 2. The van der Waals surface area contributed by atoms with Gasteiger partial charge in [-0.15, -0.1) is 0 Å². The number of H-pyrrole nitrogens is 1. The van der Waals surface area contributed by atoms with Gasteiger partial charge in [-0.25, -0.2) is 0 Å². The first-order chi connectivity index (χ1) is 20.4. The van der Waals surface area contributed by atoms with Gasteiger partial charge < -0.3 is 20.1 Å². The van der Waals surface area contributed by atoms with Crippen molar-refractivity contribution in [2.45, 2.75) is 31.5 Å². The first kappa shape index (κ1) is 28.3. The number of aromatic amines is 1. The van der Waals surface area contributed by atoms with Gasteiger partial charge in [0.2, 0.25) is 11.8 Å². The Hall–Kier alpha value is -3.84. The van der Waals surface area contributed by atoms with Crippen LogP contribution in [0.1, 0.15) is 16.7 Å². The molecule has 6 rings (SSSR count). The summed E-state index contributed by atoms with van der Waals surface area (Å²) in [5.74, 6) is -0.177. The highest BCUT2D eigenvalue weighted by atomic mass is 35.5. The van der Waals surface area contributed by atoms with Crippen LogP contribution in [0.3, 0.4) is 0 Å². The number of aromatic nitrogens is 1. The molecule has 2 atom stereocenters. The van der Waals surface area contributed by atoms with Gasteiger partial charge in [-0.1, -0.05) is 89.9 Å². The van der Waals surface area contributed by atoms with Crippen molar-refractivity contribution in [1.82, 2.24) is 20.1 Å². The standard InChI is InChI=1S/C34H32Cl2N4O2/c1-39(21-23-11-13-28(35)29(36)17-23)34(42)32(18-22-10-12-24-6-2-3-7-25(24)16-22)40-15-14-37-31(33(40)41)19-26-20-38-30-9-5-4-8-27(26)30/h2-13,16-17,20,31-32,37-38H,14-15,18-19,21H2,1H3/t31-,32+/m1/s1. The molecule has 1 fully saturated rings. The number of halogens is 2. The Morgan fingerprint density at radius 1 is 0.952 bits per heavy atom. The van der Waals surface area contributed by atoms with Crippen LogP contribution in [0.5, 0.6) is 0 Å². The van der Waals surface area contributed by atoms with Crippen molar-refractivity contribution in [2.24, 2.45) is 0 Å². The van der Waals surface area contributed by atoms with E-state index >= 15 is 0 Å². The molecule has 0 saturated carbocycles. The van der Waals surface area contributed by atoms with E-state index in [2.05, 4.69) is 46.7 Å². The number of piperazine rings is 1. The van der Waals surface area contributed by atoms with E-state index in [1.165, 1.54) is 0 Å². The molecule has 2 N–H and O–H groups in total. The number of likely N-dealkylation sites (N-methyl/N-ethyl adjacent to an activating group) is 1. The Bertz CT molecular complexity index is 1770. The molecule has 0 spiro atoms. The van der Waals surface area contributed by atoms with E-state index in [1.54, 1.807) is 29.0 Å². The van der Waals surface area contributed by atoms with Crippen LogP contribution in [-0.2, 0) is 29.0 Å². The van der Waals surface area contributed by atoms with E-state index in [0.29, 0.717) is 42.5 Å². The highest BCUT2D eigenvalue weighted by Crippen LogP contribution is 2.25. The van der Waals surface area contributed by atoms with E-state index in [-0.39, 0.29) is 11.8 Å². The lowest BCUT2D eigenvalue weighted by molar-refractivity contribution is -0.148. The molecule has 1 aliphatic rings. The van der Waals surface area contributed by atoms with Gasteiger partial charge in [0.15, 0.2) is 0 Å². The molecule has 0 unspecified atom stereocenters. The fraction of sp³-hybridized carbons (Fsp3) is 0.235. The van der Waals surface area contributed by atoms with Gasteiger partial charge in [-0.3, -0.25) is 9.59 Å². The molecule has 42 heavy (non-hydrogen) atoms. The summed E-state index contributed by atoms with van der Waals surface area (Å²) in [6, 6.07) is 26.8.